The zero-order valence-electron chi connectivity index (χ0n) is 12.9. The van der Waals surface area contributed by atoms with Crippen molar-refractivity contribution >= 4 is 29.1 Å². The van der Waals surface area contributed by atoms with Crippen LogP contribution in [0.3, 0.4) is 0 Å². The Morgan fingerprint density at radius 1 is 1.19 bits per heavy atom. The number of carbonyl (C=O) groups is 2. The summed E-state index contributed by atoms with van der Waals surface area (Å²) in [6, 6.07) is 5.15. The van der Waals surface area contributed by atoms with Gasteiger partial charge in [0.25, 0.3) is 0 Å². The molecule has 0 aromatic heterocycles. The lowest BCUT2D eigenvalue weighted by molar-refractivity contribution is -0.143. The Morgan fingerprint density at radius 3 is 2.48 bits per heavy atom. The molecule has 1 aromatic carbocycles. The normalized spacial score (nSPS) is 10.3. The molecule has 1 N–H and O–H groups in total. The van der Waals surface area contributed by atoms with E-state index in [1.807, 2.05) is 13.8 Å². The van der Waals surface area contributed by atoms with E-state index in [1.54, 1.807) is 23.1 Å². The van der Waals surface area contributed by atoms with Gasteiger partial charge in [0.15, 0.2) is 0 Å². The van der Waals surface area contributed by atoms with E-state index in [0.29, 0.717) is 23.8 Å². The molecule has 0 aliphatic heterocycles. The first-order chi connectivity index (χ1) is 9.99. The molecule has 4 nitrogen and oxygen atoms in total. The molecular weight excluding hydrogens is 288 g/mol. The third kappa shape index (κ3) is 5.38. The van der Waals surface area contributed by atoms with Crippen molar-refractivity contribution in [1.82, 2.24) is 4.90 Å². The zero-order valence-corrected chi connectivity index (χ0v) is 13.7. The fraction of sp³-hybridized carbons (Fsp3) is 0.500. The highest BCUT2D eigenvalue weighted by Gasteiger charge is 2.21. The first kappa shape index (κ1) is 17.5. The molecule has 0 radical (unpaired) electrons. The van der Waals surface area contributed by atoms with Crippen molar-refractivity contribution in [3.8, 4) is 0 Å². The van der Waals surface area contributed by atoms with Crippen molar-refractivity contribution in [3.63, 3.8) is 0 Å². The maximum atomic E-state index is 12.2. The number of hydrogen-bond acceptors (Lipinski definition) is 2. The summed E-state index contributed by atoms with van der Waals surface area (Å²) in [5.74, 6) is -1.07. The standard InChI is InChI=1S/C16H23ClN2O2/c1-4-6-10-19(9-5-2)16(21)15(20)18-14-8-7-13(17)11-12(14)3/h7-8,11H,4-6,9-10H2,1-3H3,(H,18,20). The maximum absolute atomic E-state index is 12.2. The molecule has 0 unspecified atom stereocenters. The number of amides is 2. The van der Waals surface area contributed by atoms with Gasteiger partial charge >= 0.3 is 11.8 Å². The van der Waals surface area contributed by atoms with E-state index in [1.165, 1.54) is 0 Å². The maximum Gasteiger partial charge on any atom is 0.313 e. The molecule has 116 valence electrons. The lowest BCUT2D eigenvalue weighted by Crippen LogP contribution is -2.40. The fourth-order valence-electron chi connectivity index (χ4n) is 2.02. The largest absolute Gasteiger partial charge is 0.334 e. The molecule has 0 saturated heterocycles. The number of anilines is 1. The Labute approximate surface area is 131 Å². The van der Waals surface area contributed by atoms with Gasteiger partial charge in [0, 0.05) is 23.8 Å². The quantitative estimate of drug-likeness (QED) is 0.816. The van der Waals surface area contributed by atoms with Crippen LogP contribution in [0.5, 0.6) is 0 Å². The SMILES string of the molecule is CCCCN(CCC)C(=O)C(=O)Nc1ccc(Cl)cc1C. The van der Waals surface area contributed by atoms with Crippen LogP contribution in [0.15, 0.2) is 18.2 Å². The number of hydrogen-bond donors (Lipinski definition) is 1. The third-order valence-corrected chi connectivity index (χ3v) is 3.43. The van der Waals surface area contributed by atoms with E-state index < -0.39 is 11.8 Å². The number of halogens is 1. The summed E-state index contributed by atoms with van der Waals surface area (Å²) < 4.78 is 0. The molecule has 2 amide bonds. The molecule has 0 atom stereocenters. The highest BCUT2D eigenvalue weighted by Crippen LogP contribution is 2.19. The van der Waals surface area contributed by atoms with Crippen LogP contribution >= 0.6 is 11.6 Å². The Balaban J connectivity index is 2.73. The van der Waals surface area contributed by atoms with Crippen LogP contribution in [-0.2, 0) is 9.59 Å². The summed E-state index contributed by atoms with van der Waals surface area (Å²) in [4.78, 5) is 25.9. The van der Waals surface area contributed by atoms with Crippen molar-refractivity contribution in [2.45, 2.75) is 40.0 Å². The smallest absolute Gasteiger partial charge is 0.313 e. The van der Waals surface area contributed by atoms with Gasteiger partial charge in [-0.2, -0.15) is 0 Å². The number of nitrogens with one attached hydrogen (secondary N) is 1. The number of benzene rings is 1. The molecule has 0 saturated carbocycles. The van der Waals surface area contributed by atoms with E-state index in [9.17, 15) is 9.59 Å². The van der Waals surface area contributed by atoms with Crippen molar-refractivity contribution in [2.75, 3.05) is 18.4 Å². The van der Waals surface area contributed by atoms with Crippen LogP contribution < -0.4 is 5.32 Å². The van der Waals surface area contributed by atoms with E-state index in [0.717, 1.165) is 24.8 Å². The summed E-state index contributed by atoms with van der Waals surface area (Å²) in [7, 11) is 0. The molecule has 5 heteroatoms. The number of nitrogens with zero attached hydrogens (tertiary/aromatic N) is 1. The van der Waals surface area contributed by atoms with Gasteiger partial charge in [0.1, 0.15) is 0 Å². The van der Waals surface area contributed by atoms with Gasteiger partial charge in [0.2, 0.25) is 0 Å². The summed E-state index contributed by atoms with van der Waals surface area (Å²) in [6.45, 7) is 7.12. The summed E-state index contributed by atoms with van der Waals surface area (Å²) >= 11 is 5.88. The Morgan fingerprint density at radius 2 is 1.90 bits per heavy atom. The monoisotopic (exact) mass is 310 g/mol. The molecule has 1 aromatic rings. The summed E-state index contributed by atoms with van der Waals surface area (Å²) in [5, 5.41) is 3.27. The average molecular weight is 311 g/mol. The van der Waals surface area contributed by atoms with Crippen LogP contribution in [0.4, 0.5) is 5.69 Å². The second-order valence-corrected chi connectivity index (χ2v) is 5.50. The van der Waals surface area contributed by atoms with Crippen molar-refractivity contribution in [1.29, 1.82) is 0 Å². The van der Waals surface area contributed by atoms with Gasteiger partial charge < -0.3 is 10.2 Å². The van der Waals surface area contributed by atoms with E-state index in [-0.39, 0.29) is 0 Å². The van der Waals surface area contributed by atoms with Gasteiger partial charge in [-0.15, -0.1) is 0 Å². The third-order valence-electron chi connectivity index (χ3n) is 3.19. The second kappa shape index (κ2) is 8.67. The Bertz CT molecular complexity index is 503. The van der Waals surface area contributed by atoms with Crippen LogP contribution in [0.1, 0.15) is 38.7 Å². The lowest BCUT2D eigenvalue weighted by atomic mass is 10.2. The van der Waals surface area contributed by atoms with Crippen molar-refractivity contribution in [2.24, 2.45) is 0 Å². The highest BCUT2D eigenvalue weighted by molar-refractivity contribution is 6.39. The number of unbranched alkanes of at least 4 members (excludes halogenated alkanes) is 1. The molecular formula is C16H23ClN2O2. The second-order valence-electron chi connectivity index (χ2n) is 5.06. The predicted octanol–water partition coefficient (Wildman–Crippen LogP) is 3.63. The van der Waals surface area contributed by atoms with Gasteiger partial charge in [-0.3, -0.25) is 9.59 Å². The van der Waals surface area contributed by atoms with Gasteiger partial charge in [-0.1, -0.05) is 31.9 Å². The van der Waals surface area contributed by atoms with Gasteiger partial charge in [-0.05, 0) is 43.5 Å². The van der Waals surface area contributed by atoms with Crippen LogP contribution in [-0.4, -0.2) is 29.8 Å². The lowest BCUT2D eigenvalue weighted by Gasteiger charge is -2.21. The minimum absolute atomic E-state index is 0.473. The topological polar surface area (TPSA) is 49.4 Å². The molecule has 1 rings (SSSR count). The van der Waals surface area contributed by atoms with Crippen molar-refractivity contribution in [3.05, 3.63) is 28.8 Å². The fourth-order valence-corrected chi connectivity index (χ4v) is 2.25. The summed E-state index contributed by atoms with van der Waals surface area (Å²) in [5.41, 5.74) is 1.45. The number of rotatable bonds is 6. The number of carbonyl (C=O) groups excluding carboxylic acids is 2. The predicted molar refractivity (Wildman–Crippen MR) is 86.6 cm³/mol. The van der Waals surface area contributed by atoms with E-state index in [2.05, 4.69) is 12.2 Å². The van der Waals surface area contributed by atoms with Crippen LogP contribution in [0, 0.1) is 6.92 Å². The first-order valence-corrected chi connectivity index (χ1v) is 7.73. The number of aryl methyl sites for hydroxylation is 1. The minimum atomic E-state index is -0.593. The van der Waals surface area contributed by atoms with Gasteiger partial charge in [-0.25, -0.2) is 0 Å². The van der Waals surface area contributed by atoms with Crippen LogP contribution in [0.25, 0.3) is 0 Å². The average Bonchev–Trinajstić information content (AvgIpc) is 2.45. The minimum Gasteiger partial charge on any atom is -0.334 e. The van der Waals surface area contributed by atoms with E-state index >= 15 is 0 Å². The molecule has 0 spiro atoms. The Kier molecular flexibility index (Phi) is 7.23. The molecule has 0 bridgehead atoms. The van der Waals surface area contributed by atoms with Crippen molar-refractivity contribution < 1.29 is 9.59 Å². The zero-order chi connectivity index (χ0) is 15.8. The molecule has 0 aliphatic rings. The van der Waals surface area contributed by atoms with Crippen LogP contribution in [0.2, 0.25) is 5.02 Å². The molecule has 0 heterocycles. The van der Waals surface area contributed by atoms with Gasteiger partial charge in [0.05, 0.1) is 0 Å². The molecule has 21 heavy (non-hydrogen) atoms. The van der Waals surface area contributed by atoms with E-state index in [4.69, 9.17) is 11.6 Å². The molecule has 0 fully saturated rings. The molecule has 0 aliphatic carbocycles. The first-order valence-electron chi connectivity index (χ1n) is 7.36. The summed E-state index contributed by atoms with van der Waals surface area (Å²) in [6.07, 6.45) is 2.73. The Hall–Kier alpha value is -1.55. The highest BCUT2D eigenvalue weighted by atomic mass is 35.5.